The molecule has 11 heteroatoms. The van der Waals surface area contributed by atoms with Gasteiger partial charge in [-0.05, 0) is 48.7 Å². The molecular formula is C31H29ClFN5O4. The summed E-state index contributed by atoms with van der Waals surface area (Å²) in [7, 11) is 0. The molecule has 9 nitrogen and oxygen atoms in total. The maximum absolute atomic E-state index is 15.3. The number of fused-ring (bicyclic) bond motifs is 2. The first kappa shape index (κ1) is 27.7. The predicted octanol–water partition coefficient (Wildman–Crippen LogP) is 4.67. The highest BCUT2D eigenvalue weighted by molar-refractivity contribution is 6.36. The third kappa shape index (κ3) is 4.28. The van der Waals surface area contributed by atoms with Gasteiger partial charge in [0.05, 0.1) is 38.9 Å². The summed E-state index contributed by atoms with van der Waals surface area (Å²) in [4.78, 5) is 39.3. The Balaban J connectivity index is 1.71. The average Bonchev–Trinajstić information content (AvgIpc) is 3.15. The smallest absolute Gasteiger partial charge is 0.354 e. The normalized spacial score (nSPS) is 16.1. The van der Waals surface area contributed by atoms with Crippen LogP contribution < -0.4 is 15.3 Å². The Morgan fingerprint density at radius 1 is 1.26 bits per heavy atom. The highest BCUT2D eigenvalue weighted by atomic mass is 35.5. The van der Waals surface area contributed by atoms with Gasteiger partial charge in [0.25, 0.3) is 0 Å². The van der Waals surface area contributed by atoms with E-state index < -0.39 is 11.5 Å². The molecule has 2 aromatic carbocycles. The standard InChI is InChI=1S/C31H29ClFN5O4/c1-4-17-10-11-34-21(5-2)28(17)38-22-14-19(25-20(33)8-7-9-23(25)39)27(32)29-26(22)30(35-31(38)41)37-13-12-36(24(40)6-3)15-18(37)16-42-29/h6-11,14,18,39H,3-5,12-13,15-16H2,1-2H3. The number of phenols is 1. The van der Waals surface area contributed by atoms with Crippen molar-refractivity contribution in [1.82, 2.24) is 19.4 Å². The van der Waals surface area contributed by atoms with E-state index in [4.69, 9.17) is 16.3 Å². The fourth-order valence-corrected chi connectivity index (χ4v) is 6.28. The Hall–Kier alpha value is -4.44. The number of rotatable bonds is 5. The number of carbonyl (C=O) groups is 1. The number of anilines is 1. The van der Waals surface area contributed by atoms with Crippen molar-refractivity contribution in [3.8, 4) is 28.3 Å². The van der Waals surface area contributed by atoms with Crippen LogP contribution in [-0.4, -0.2) is 62.7 Å². The number of piperazine rings is 1. The highest BCUT2D eigenvalue weighted by Crippen LogP contribution is 2.48. The van der Waals surface area contributed by atoms with E-state index in [0.29, 0.717) is 60.6 Å². The number of benzene rings is 2. The number of nitrogens with zero attached hydrogens (tertiary/aromatic N) is 5. The van der Waals surface area contributed by atoms with Gasteiger partial charge < -0.3 is 19.6 Å². The van der Waals surface area contributed by atoms with E-state index >= 15 is 4.39 Å². The van der Waals surface area contributed by atoms with E-state index in [9.17, 15) is 14.7 Å². The van der Waals surface area contributed by atoms with Gasteiger partial charge in [-0.2, -0.15) is 4.98 Å². The van der Waals surface area contributed by atoms with Crippen LogP contribution in [0, 0.1) is 5.82 Å². The van der Waals surface area contributed by atoms with E-state index in [-0.39, 0.29) is 46.2 Å². The monoisotopic (exact) mass is 589 g/mol. The first-order valence-corrected chi connectivity index (χ1v) is 14.2. The second-order valence-electron chi connectivity index (χ2n) is 10.3. The quantitative estimate of drug-likeness (QED) is 0.338. The lowest BCUT2D eigenvalue weighted by Crippen LogP contribution is -2.56. The number of pyridine rings is 1. The molecule has 4 aromatic rings. The molecule has 42 heavy (non-hydrogen) atoms. The predicted molar refractivity (Wildman–Crippen MR) is 159 cm³/mol. The molecule has 216 valence electrons. The largest absolute Gasteiger partial charge is 0.507 e. The third-order valence-electron chi connectivity index (χ3n) is 8.00. The van der Waals surface area contributed by atoms with Crippen molar-refractivity contribution < 1.29 is 19.0 Å². The van der Waals surface area contributed by atoms with Crippen molar-refractivity contribution in [1.29, 1.82) is 0 Å². The minimum Gasteiger partial charge on any atom is -0.507 e. The fourth-order valence-electron chi connectivity index (χ4n) is 5.98. The molecule has 2 aliphatic rings. The number of ether oxygens (including phenoxy) is 1. The SMILES string of the molecule is C=CC(=O)N1CCN2c3nc(=O)n(-c4c(CC)ccnc4CC)c4cc(-c5c(O)cccc5F)c(Cl)c(c34)OCC2C1. The van der Waals surface area contributed by atoms with Gasteiger partial charge in [-0.1, -0.05) is 38.1 Å². The van der Waals surface area contributed by atoms with Crippen LogP contribution in [0.3, 0.4) is 0 Å². The molecule has 0 radical (unpaired) electrons. The Morgan fingerprint density at radius 3 is 2.79 bits per heavy atom. The molecule has 1 N–H and O–H groups in total. The van der Waals surface area contributed by atoms with Crippen molar-refractivity contribution in [3.63, 3.8) is 0 Å². The Labute approximate surface area is 246 Å². The van der Waals surface area contributed by atoms with E-state index in [2.05, 4.69) is 16.5 Å². The average molecular weight is 590 g/mol. The molecule has 2 aromatic heterocycles. The van der Waals surface area contributed by atoms with E-state index in [1.165, 1.54) is 28.8 Å². The molecule has 1 fully saturated rings. The second-order valence-corrected chi connectivity index (χ2v) is 10.6. The van der Waals surface area contributed by atoms with Gasteiger partial charge in [-0.25, -0.2) is 9.18 Å². The minimum absolute atomic E-state index is 0.0765. The summed E-state index contributed by atoms with van der Waals surface area (Å²) in [6, 6.07) is 7.15. The molecule has 0 bridgehead atoms. The maximum Gasteiger partial charge on any atom is 0.354 e. The van der Waals surface area contributed by atoms with Gasteiger partial charge in [0, 0.05) is 31.4 Å². The molecule has 2 aliphatic heterocycles. The summed E-state index contributed by atoms with van der Waals surface area (Å²) in [5.41, 5.74) is 2.10. The number of aromatic hydroxyl groups is 1. The molecule has 0 aliphatic carbocycles. The third-order valence-corrected chi connectivity index (χ3v) is 8.38. The number of aromatic nitrogens is 3. The number of phenolic OH excluding ortho intramolecular Hbond substituents is 1. The van der Waals surface area contributed by atoms with E-state index in [0.717, 1.165) is 5.56 Å². The zero-order valence-corrected chi connectivity index (χ0v) is 24.0. The lowest BCUT2D eigenvalue weighted by atomic mass is 10.00. The molecule has 1 atom stereocenters. The molecule has 0 saturated carbocycles. The Morgan fingerprint density at radius 2 is 2.07 bits per heavy atom. The lowest BCUT2D eigenvalue weighted by Gasteiger charge is -2.40. The molecule has 6 rings (SSSR count). The molecule has 1 saturated heterocycles. The first-order chi connectivity index (χ1) is 20.3. The van der Waals surface area contributed by atoms with Crippen LogP contribution in [-0.2, 0) is 17.6 Å². The second kappa shape index (κ2) is 10.8. The maximum atomic E-state index is 15.3. The van der Waals surface area contributed by atoms with Crippen molar-refractivity contribution >= 4 is 34.2 Å². The van der Waals surface area contributed by atoms with E-state index in [1.54, 1.807) is 17.2 Å². The number of hydrogen-bond acceptors (Lipinski definition) is 7. The number of carbonyl (C=O) groups excluding carboxylic acids is 1. The number of aryl methyl sites for hydroxylation is 2. The summed E-state index contributed by atoms with van der Waals surface area (Å²) in [6.45, 7) is 8.80. The van der Waals surface area contributed by atoms with Crippen LogP contribution >= 0.6 is 11.6 Å². The molecular weight excluding hydrogens is 561 g/mol. The van der Waals surface area contributed by atoms with Crippen LogP contribution in [0.15, 0.2) is 54.0 Å². The van der Waals surface area contributed by atoms with Crippen LogP contribution in [0.5, 0.6) is 11.5 Å². The number of hydrogen-bond donors (Lipinski definition) is 1. The van der Waals surface area contributed by atoms with E-state index in [1.807, 2.05) is 24.8 Å². The number of halogens is 2. The highest BCUT2D eigenvalue weighted by Gasteiger charge is 2.37. The summed E-state index contributed by atoms with van der Waals surface area (Å²) < 4.78 is 23.1. The van der Waals surface area contributed by atoms with Gasteiger partial charge in [-0.15, -0.1) is 0 Å². The van der Waals surface area contributed by atoms with Gasteiger partial charge in [0.2, 0.25) is 5.91 Å². The molecule has 1 amide bonds. The zero-order valence-electron chi connectivity index (χ0n) is 23.2. The Bertz CT molecular complexity index is 1780. The zero-order chi connectivity index (χ0) is 29.7. The van der Waals surface area contributed by atoms with Crippen molar-refractivity contribution in [2.75, 3.05) is 31.1 Å². The first-order valence-electron chi connectivity index (χ1n) is 13.8. The minimum atomic E-state index is -0.680. The topological polar surface area (TPSA) is 101 Å². The van der Waals surface area contributed by atoms with Crippen LogP contribution in [0.25, 0.3) is 27.7 Å². The summed E-state index contributed by atoms with van der Waals surface area (Å²) in [5.74, 6) is -0.585. The molecule has 1 unspecified atom stereocenters. The van der Waals surface area contributed by atoms with Crippen molar-refractivity contribution in [3.05, 3.63) is 81.8 Å². The van der Waals surface area contributed by atoms with Gasteiger partial charge >= 0.3 is 5.69 Å². The molecule has 4 heterocycles. The van der Waals surface area contributed by atoms with Gasteiger partial charge in [0.1, 0.15) is 24.0 Å². The summed E-state index contributed by atoms with van der Waals surface area (Å²) in [5, 5.41) is 11.3. The number of amides is 1. The Kier molecular flexibility index (Phi) is 7.10. The molecule has 0 spiro atoms. The summed E-state index contributed by atoms with van der Waals surface area (Å²) >= 11 is 6.97. The van der Waals surface area contributed by atoms with Gasteiger partial charge in [-0.3, -0.25) is 14.3 Å². The van der Waals surface area contributed by atoms with Crippen LogP contribution in [0.4, 0.5) is 10.2 Å². The van der Waals surface area contributed by atoms with Gasteiger partial charge in [0.15, 0.2) is 5.75 Å². The summed E-state index contributed by atoms with van der Waals surface area (Å²) in [6.07, 6.45) is 4.17. The fraction of sp³-hybridized carbons (Fsp3) is 0.290. The lowest BCUT2D eigenvalue weighted by molar-refractivity contribution is -0.126. The van der Waals surface area contributed by atoms with Crippen molar-refractivity contribution in [2.45, 2.75) is 32.7 Å². The van der Waals surface area contributed by atoms with Crippen LogP contribution in [0.1, 0.15) is 25.1 Å². The van der Waals surface area contributed by atoms with Crippen molar-refractivity contribution in [2.24, 2.45) is 0 Å². The van der Waals surface area contributed by atoms with Crippen LogP contribution in [0.2, 0.25) is 5.02 Å².